The molecule has 0 fully saturated rings. The highest BCUT2D eigenvalue weighted by atomic mass is 16.2. The molecular weight excluding hydrogens is 302 g/mol. The zero-order chi connectivity index (χ0) is 17.1. The van der Waals surface area contributed by atoms with Crippen LogP contribution >= 0.6 is 0 Å². The predicted octanol–water partition coefficient (Wildman–Crippen LogP) is 2.57. The van der Waals surface area contributed by atoms with Crippen LogP contribution in [0, 0.1) is 0 Å². The Morgan fingerprint density at radius 3 is 2.58 bits per heavy atom. The molecular formula is C19H21N3O2. The smallest absolute Gasteiger partial charge is 0.251 e. The van der Waals surface area contributed by atoms with E-state index in [1.807, 2.05) is 61.5 Å². The van der Waals surface area contributed by atoms with Crippen molar-refractivity contribution in [2.24, 2.45) is 0 Å². The molecule has 0 unspecified atom stereocenters. The van der Waals surface area contributed by atoms with E-state index < -0.39 is 0 Å². The van der Waals surface area contributed by atoms with Crippen molar-refractivity contribution in [2.75, 3.05) is 24.3 Å². The molecule has 0 atom stereocenters. The van der Waals surface area contributed by atoms with Crippen LogP contribution in [0.2, 0.25) is 0 Å². The maximum Gasteiger partial charge on any atom is 0.251 e. The fourth-order valence-electron chi connectivity index (χ4n) is 2.74. The number of carbonyl (C=O) groups excluding carboxylic acids is 2. The van der Waals surface area contributed by atoms with E-state index in [0.717, 1.165) is 28.9 Å². The van der Waals surface area contributed by atoms with Gasteiger partial charge in [-0.1, -0.05) is 12.1 Å². The SMILES string of the molecule is CN(C)c1ccc(C(=O)NCc2ccc3c(c2)CCC(=O)N3)cc1. The third-order valence-electron chi connectivity index (χ3n) is 4.16. The number of benzene rings is 2. The first kappa shape index (κ1) is 16.1. The maximum absolute atomic E-state index is 12.2. The van der Waals surface area contributed by atoms with Crippen LogP contribution in [0.15, 0.2) is 42.5 Å². The van der Waals surface area contributed by atoms with E-state index in [0.29, 0.717) is 18.5 Å². The van der Waals surface area contributed by atoms with Gasteiger partial charge in [-0.2, -0.15) is 0 Å². The van der Waals surface area contributed by atoms with Crippen molar-refractivity contribution in [3.8, 4) is 0 Å². The normalized spacial score (nSPS) is 13.0. The molecule has 0 aliphatic carbocycles. The second kappa shape index (κ2) is 6.74. The summed E-state index contributed by atoms with van der Waals surface area (Å²) in [6.07, 6.45) is 1.26. The molecule has 1 aliphatic rings. The molecule has 2 aromatic carbocycles. The molecule has 0 saturated carbocycles. The Morgan fingerprint density at radius 1 is 1.12 bits per heavy atom. The van der Waals surface area contributed by atoms with Crippen LogP contribution in [-0.4, -0.2) is 25.9 Å². The van der Waals surface area contributed by atoms with E-state index >= 15 is 0 Å². The third kappa shape index (κ3) is 3.56. The Morgan fingerprint density at radius 2 is 1.88 bits per heavy atom. The molecule has 0 aromatic heterocycles. The van der Waals surface area contributed by atoms with Gasteiger partial charge in [0.2, 0.25) is 5.91 Å². The Labute approximate surface area is 141 Å². The number of hydrogen-bond acceptors (Lipinski definition) is 3. The van der Waals surface area contributed by atoms with Gasteiger partial charge in [0, 0.05) is 44.0 Å². The minimum atomic E-state index is -0.0914. The average Bonchev–Trinajstić information content (AvgIpc) is 2.59. The van der Waals surface area contributed by atoms with Crippen molar-refractivity contribution in [3.05, 3.63) is 59.2 Å². The van der Waals surface area contributed by atoms with E-state index in [1.165, 1.54) is 0 Å². The Kier molecular flexibility index (Phi) is 4.51. The van der Waals surface area contributed by atoms with Crippen molar-refractivity contribution in [2.45, 2.75) is 19.4 Å². The zero-order valence-electron chi connectivity index (χ0n) is 13.9. The van der Waals surface area contributed by atoms with Crippen molar-refractivity contribution in [3.63, 3.8) is 0 Å². The van der Waals surface area contributed by atoms with Crippen LogP contribution in [0.4, 0.5) is 11.4 Å². The fourth-order valence-corrected chi connectivity index (χ4v) is 2.74. The highest BCUT2D eigenvalue weighted by Crippen LogP contribution is 2.23. The Hall–Kier alpha value is -2.82. The minimum absolute atomic E-state index is 0.0599. The number of carbonyl (C=O) groups is 2. The number of rotatable bonds is 4. The van der Waals surface area contributed by atoms with Crippen LogP contribution in [-0.2, 0) is 17.8 Å². The second-order valence-corrected chi connectivity index (χ2v) is 6.16. The summed E-state index contributed by atoms with van der Waals surface area (Å²) in [6, 6.07) is 13.4. The molecule has 0 saturated heterocycles. The number of nitrogens with one attached hydrogen (secondary N) is 2. The molecule has 2 N–H and O–H groups in total. The topological polar surface area (TPSA) is 61.4 Å². The van der Waals surface area contributed by atoms with Gasteiger partial charge in [-0.25, -0.2) is 0 Å². The number of aryl methyl sites for hydroxylation is 1. The summed E-state index contributed by atoms with van der Waals surface area (Å²) in [5.41, 5.74) is 4.73. The molecule has 0 radical (unpaired) electrons. The largest absolute Gasteiger partial charge is 0.378 e. The van der Waals surface area contributed by atoms with Crippen LogP contribution in [0.25, 0.3) is 0 Å². The molecule has 2 aromatic rings. The predicted molar refractivity (Wildman–Crippen MR) is 95.3 cm³/mol. The number of amides is 2. The summed E-state index contributed by atoms with van der Waals surface area (Å²) in [4.78, 5) is 25.6. The van der Waals surface area contributed by atoms with Gasteiger partial charge in [-0.15, -0.1) is 0 Å². The number of fused-ring (bicyclic) bond motifs is 1. The quantitative estimate of drug-likeness (QED) is 0.909. The molecule has 24 heavy (non-hydrogen) atoms. The third-order valence-corrected chi connectivity index (χ3v) is 4.16. The Balaban J connectivity index is 1.63. The first-order chi connectivity index (χ1) is 11.5. The van der Waals surface area contributed by atoms with Gasteiger partial charge in [0.15, 0.2) is 0 Å². The van der Waals surface area contributed by atoms with E-state index in [4.69, 9.17) is 0 Å². The molecule has 5 heteroatoms. The fraction of sp³-hybridized carbons (Fsp3) is 0.263. The molecule has 124 valence electrons. The highest BCUT2D eigenvalue weighted by molar-refractivity contribution is 5.95. The van der Waals surface area contributed by atoms with Crippen LogP contribution in [0.5, 0.6) is 0 Å². The first-order valence-corrected chi connectivity index (χ1v) is 8.00. The van der Waals surface area contributed by atoms with Crippen molar-refractivity contribution in [1.29, 1.82) is 0 Å². The van der Waals surface area contributed by atoms with Crippen LogP contribution in [0.3, 0.4) is 0 Å². The van der Waals surface area contributed by atoms with Gasteiger partial charge >= 0.3 is 0 Å². The van der Waals surface area contributed by atoms with Gasteiger partial charge in [0.05, 0.1) is 0 Å². The molecule has 1 heterocycles. The van der Waals surface area contributed by atoms with E-state index in [2.05, 4.69) is 10.6 Å². The number of nitrogens with zero attached hydrogens (tertiary/aromatic N) is 1. The van der Waals surface area contributed by atoms with Crippen LogP contribution < -0.4 is 15.5 Å². The van der Waals surface area contributed by atoms with E-state index in [1.54, 1.807) is 0 Å². The standard InChI is InChI=1S/C19H21N3O2/c1-22(2)16-7-4-14(5-8-16)19(24)20-12-13-3-9-17-15(11-13)6-10-18(23)21-17/h3-5,7-9,11H,6,10,12H2,1-2H3,(H,20,24)(H,21,23). The average molecular weight is 323 g/mol. The molecule has 3 rings (SSSR count). The van der Waals surface area contributed by atoms with Gasteiger partial charge in [-0.05, 0) is 47.9 Å². The van der Waals surface area contributed by atoms with Gasteiger partial charge < -0.3 is 15.5 Å². The minimum Gasteiger partial charge on any atom is -0.378 e. The van der Waals surface area contributed by atoms with E-state index in [-0.39, 0.29) is 11.8 Å². The zero-order valence-corrected chi connectivity index (χ0v) is 13.9. The highest BCUT2D eigenvalue weighted by Gasteiger charge is 2.15. The molecule has 1 aliphatic heterocycles. The van der Waals surface area contributed by atoms with Crippen molar-refractivity contribution in [1.82, 2.24) is 5.32 Å². The maximum atomic E-state index is 12.2. The van der Waals surface area contributed by atoms with Crippen molar-refractivity contribution >= 4 is 23.2 Å². The Bertz CT molecular complexity index is 767. The number of anilines is 2. The summed E-state index contributed by atoms with van der Waals surface area (Å²) in [7, 11) is 3.93. The van der Waals surface area contributed by atoms with E-state index in [9.17, 15) is 9.59 Å². The summed E-state index contributed by atoms with van der Waals surface area (Å²) in [5.74, 6) is -0.0314. The summed E-state index contributed by atoms with van der Waals surface area (Å²) in [6.45, 7) is 0.468. The lowest BCUT2D eigenvalue weighted by Crippen LogP contribution is -2.23. The molecule has 0 bridgehead atoms. The monoisotopic (exact) mass is 323 g/mol. The lowest BCUT2D eigenvalue weighted by molar-refractivity contribution is -0.116. The van der Waals surface area contributed by atoms with Crippen molar-refractivity contribution < 1.29 is 9.59 Å². The molecule has 5 nitrogen and oxygen atoms in total. The van der Waals surface area contributed by atoms with Gasteiger partial charge in [0.1, 0.15) is 0 Å². The summed E-state index contributed by atoms with van der Waals surface area (Å²) >= 11 is 0. The molecule has 0 spiro atoms. The number of hydrogen-bond donors (Lipinski definition) is 2. The lowest BCUT2D eigenvalue weighted by atomic mass is 10.0. The van der Waals surface area contributed by atoms with Gasteiger partial charge in [-0.3, -0.25) is 9.59 Å². The first-order valence-electron chi connectivity index (χ1n) is 8.00. The summed E-state index contributed by atoms with van der Waals surface area (Å²) in [5, 5.41) is 5.80. The van der Waals surface area contributed by atoms with Crippen LogP contribution in [0.1, 0.15) is 27.9 Å². The second-order valence-electron chi connectivity index (χ2n) is 6.16. The molecule has 2 amide bonds. The van der Waals surface area contributed by atoms with Gasteiger partial charge in [0.25, 0.3) is 5.91 Å². The summed E-state index contributed by atoms with van der Waals surface area (Å²) < 4.78 is 0. The lowest BCUT2D eigenvalue weighted by Gasteiger charge is -2.17.